The molecule has 140 valence electrons. The van der Waals surface area contributed by atoms with Gasteiger partial charge < -0.3 is 20.5 Å². The Kier molecular flexibility index (Phi) is 4.52. The van der Waals surface area contributed by atoms with Crippen LogP contribution in [0.5, 0.6) is 0 Å². The molecule has 3 unspecified atom stereocenters. The number of carbonyl (C=O) groups excluding carboxylic acids is 2. The molecule has 1 aliphatic heterocycles. The van der Waals surface area contributed by atoms with Gasteiger partial charge >= 0.3 is 5.97 Å². The number of aliphatic carboxylic acids is 1. The highest BCUT2D eigenvalue weighted by atomic mass is 16.5. The Balaban J connectivity index is 1.87. The third-order valence-electron chi connectivity index (χ3n) is 5.78. The van der Waals surface area contributed by atoms with Gasteiger partial charge in [0, 0.05) is 30.6 Å². The molecule has 3 rings (SSSR count). The molecule has 1 aliphatic carbocycles. The van der Waals surface area contributed by atoms with Gasteiger partial charge in [-0.05, 0) is 18.6 Å². The summed E-state index contributed by atoms with van der Waals surface area (Å²) in [5.74, 6) is -2.50. The molecule has 7 heteroatoms. The second-order valence-electron chi connectivity index (χ2n) is 7.46. The van der Waals surface area contributed by atoms with Crippen molar-refractivity contribution in [1.29, 1.82) is 0 Å². The molecule has 7 nitrogen and oxygen atoms in total. The molecule has 3 N–H and O–H groups in total. The SMILES string of the molecule is CCOC1CC(NC(=O)C2CC(=O)Nc3ccccc32)(C(=O)O)C1(C)C. The third kappa shape index (κ3) is 2.67. The zero-order valence-corrected chi connectivity index (χ0v) is 15.2. The number of fused-ring (bicyclic) bond motifs is 1. The fourth-order valence-electron chi connectivity index (χ4n) is 3.98. The van der Waals surface area contributed by atoms with E-state index in [0.717, 1.165) is 0 Å². The molecule has 0 saturated heterocycles. The summed E-state index contributed by atoms with van der Waals surface area (Å²) < 4.78 is 5.62. The van der Waals surface area contributed by atoms with E-state index >= 15 is 0 Å². The van der Waals surface area contributed by atoms with Crippen LogP contribution in [0.25, 0.3) is 0 Å². The van der Waals surface area contributed by atoms with Crippen LogP contribution in [-0.2, 0) is 19.1 Å². The first-order valence-electron chi connectivity index (χ1n) is 8.78. The molecule has 1 fully saturated rings. The topological polar surface area (TPSA) is 105 Å². The molecule has 0 aromatic heterocycles. The molecule has 2 aliphatic rings. The zero-order chi connectivity index (χ0) is 19.1. The normalized spacial score (nSPS) is 29.1. The lowest BCUT2D eigenvalue weighted by Crippen LogP contribution is -2.76. The van der Waals surface area contributed by atoms with Crippen molar-refractivity contribution in [2.24, 2.45) is 5.41 Å². The lowest BCUT2D eigenvalue weighted by Gasteiger charge is -2.58. The van der Waals surface area contributed by atoms with Crippen molar-refractivity contribution in [2.45, 2.75) is 51.2 Å². The predicted octanol–water partition coefficient (Wildman–Crippen LogP) is 1.89. The first-order valence-corrected chi connectivity index (χ1v) is 8.78. The molecule has 1 saturated carbocycles. The molecule has 1 heterocycles. The minimum absolute atomic E-state index is 0.00609. The molecule has 0 spiro atoms. The lowest BCUT2D eigenvalue weighted by molar-refractivity contribution is -0.194. The van der Waals surface area contributed by atoms with Crippen LogP contribution < -0.4 is 10.6 Å². The van der Waals surface area contributed by atoms with E-state index in [1.54, 1.807) is 38.1 Å². The Bertz CT molecular complexity index is 760. The number of nitrogens with one attached hydrogen (secondary N) is 2. The van der Waals surface area contributed by atoms with Crippen LogP contribution in [0.3, 0.4) is 0 Å². The van der Waals surface area contributed by atoms with Gasteiger partial charge in [-0.1, -0.05) is 32.0 Å². The maximum Gasteiger partial charge on any atom is 0.330 e. The van der Waals surface area contributed by atoms with Crippen molar-refractivity contribution < 1.29 is 24.2 Å². The highest BCUT2D eigenvalue weighted by molar-refractivity contribution is 6.02. The predicted molar refractivity (Wildman–Crippen MR) is 94.8 cm³/mol. The standard InChI is InChI=1S/C19H24N2O5/c1-4-26-14-10-19(17(24)25,18(14,2)3)21-16(23)12-9-15(22)20-13-8-6-5-7-11(12)13/h5-8,12,14H,4,9-10H2,1-3H3,(H,20,22)(H,21,23)(H,24,25). The number of hydrogen-bond donors (Lipinski definition) is 3. The van der Waals surface area contributed by atoms with Crippen LogP contribution in [0, 0.1) is 5.41 Å². The highest BCUT2D eigenvalue weighted by Gasteiger charge is 2.66. The van der Waals surface area contributed by atoms with E-state index in [1.807, 2.05) is 6.92 Å². The maximum absolute atomic E-state index is 13.0. The van der Waals surface area contributed by atoms with Gasteiger partial charge in [0.15, 0.2) is 0 Å². The minimum atomic E-state index is -1.41. The van der Waals surface area contributed by atoms with E-state index in [2.05, 4.69) is 10.6 Å². The van der Waals surface area contributed by atoms with Gasteiger partial charge in [0.05, 0.1) is 12.0 Å². The largest absolute Gasteiger partial charge is 0.479 e. The summed E-state index contributed by atoms with van der Waals surface area (Å²) in [4.78, 5) is 37.0. The van der Waals surface area contributed by atoms with E-state index in [0.29, 0.717) is 17.9 Å². The summed E-state index contributed by atoms with van der Waals surface area (Å²) in [6, 6.07) is 7.08. The summed E-state index contributed by atoms with van der Waals surface area (Å²) in [6.07, 6.45) is -0.0468. The molecule has 1 aromatic rings. The van der Waals surface area contributed by atoms with E-state index in [4.69, 9.17) is 4.74 Å². The molecule has 26 heavy (non-hydrogen) atoms. The number of ether oxygens (including phenoxy) is 1. The van der Waals surface area contributed by atoms with Crippen molar-refractivity contribution in [1.82, 2.24) is 5.32 Å². The number of hydrogen-bond acceptors (Lipinski definition) is 4. The van der Waals surface area contributed by atoms with Gasteiger partial charge in [-0.3, -0.25) is 9.59 Å². The van der Waals surface area contributed by atoms with Crippen LogP contribution in [-0.4, -0.2) is 41.1 Å². The monoisotopic (exact) mass is 360 g/mol. The number of carboxylic acid groups (broad SMARTS) is 1. The van der Waals surface area contributed by atoms with Gasteiger partial charge in [-0.2, -0.15) is 0 Å². The average molecular weight is 360 g/mol. The van der Waals surface area contributed by atoms with Crippen molar-refractivity contribution in [2.75, 3.05) is 11.9 Å². The Hall–Kier alpha value is -2.41. The second kappa shape index (κ2) is 6.39. The van der Waals surface area contributed by atoms with Crippen LogP contribution in [0.2, 0.25) is 0 Å². The summed E-state index contributed by atoms with van der Waals surface area (Å²) in [5.41, 5.74) is -0.884. The molecule has 0 radical (unpaired) electrons. The molecule has 0 bridgehead atoms. The van der Waals surface area contributed by atoms with Crippen molar-refractivity contribution in [3.63, 3.8) is 0 Å². The van der Waals surface area contributed by atoms with E-state index in [9.17, 15) is 19.5 Å². The van der Waals surface area contributed by atoms with Gasteiger partial charge in [-0.15, -0.1) is 0 Å². The quantitative estimate of drug-likeness (QED) is 0.744. The highest BCUT2D eigenvalue weighted by Crippen LogP contribution is 2.52. The van der Waals surface area contributed by atoms with Crippen LogP contribution >= 0.6 is 0 Å². The fraction of sp³-hybridized carbons (Fsp3) is 0.526. The minimum Gasteiger partial charge on any atom is -0.479 e. The zero-order valence-electron chi connectivity index (χ0n) is 15.2. The molecular formula is C19H24N2O5. The maximum atomic E-state index is 13.0. The molecule has 2 amide bonds. The Morgan fingerprint density at radius 2 is 2.04 bits per heavy atom. The first kappa shape index (κ1) is 18.4. The van der Waals surface area contributed by atoms with Gasteiger partial charge in [-0.25, -0.2) is 4.79 Å². The lowest BCUT2D eigenvalue weighted by atomic mass is 9.54. The van der Waals surface area contributed by atoms with Gasteiger partial charge in [0.1, 0.15) is 5.54 Å². The third-order valence-corrected chi connectivity index (χ3v) is 5.78. The van der Waals surface area contributed by atoms with Crippen LogP contribution in [0.4, 0.5) is 5.69 Å². The number of carboxylic acids is 1. The second-order valence-corrected chi connectivity index (χ2v) is 7.46. The van der Waals surface area contributed by atoms with Crippen LogP contribution in [0.1, 0.15) is 45.1 Å². The summed E-state index contributed by atoms with van der Waals surface area (Å²) >= 11 is 0. The van der Waals surface area contributed by atoms with Crippen molar-refractivity contribution in [3.8, 4) is 0 Å². The van der Waals surface area contributed by atoms with E-state index < -0.39 is 28.7 Å². The average Bonchev–Trinajstić information content (AvgIpc) is 2.59. The summed E-state index contributed by atoms with van der Waals surface area (Å²) in [5, 5.41) is 15.3. The summed E-state index contributed by atoms with van der Waals surface area (Å²) in [7, 11) is 0. The molecule has 1 aromatic carbocycles. The number of amides is 2. The number of rotatable bonds is 5. The van der Waals surface area contributed by atoms with Gasteiger partial charge in [0.25, 0.3) is 0 Å². The number of benzene rings is 1. The van der Waals surface area contributed by atoms with Crippen LogP contribution in [0.15, 0.2) is 24.3 Å². The van der Waals surface area contributed by atoms with Crippen molar-refractivity contribution in [3.05, 3.63) is 29.8 Å². The number of anilines is 1. The Morgan fingerprint density at radius 1 is 1.35 bits per heavy atom. The number of para-hydroxylation sites is 1. The van der Waals surface area contributed by atoms with E-state index in [1.165, 1.54) is 0 Å². The van der Waals surface area contributed by atoms with Gasteiger partial charge in [0.2, 0.25) is 11.8 Å². The Labute approximate surface area is 152 Å². The molecular weight excluding hydrogens is 336 g/mol. The Morgan fingerprint density at radius 3 is 2.65 bits per heavy atom. The smallest absolute Gasteiger partial charge is 0.330 e. The summed E-state index contributed by atoms with van der Waals surface area (Å²) in [6.45, 7) is 5.90. The van der Waals surface area contributed by atoms with Crippen molar-refractivity contribution >= 4 is 23.5 Å². The van der Waals surface area contributed by atoms with E-state index in [-0.39, 0.29) is 24.9 Å². The number of carbonyl (C=O) groups is 3. The molecule has 3 atom stereocenters. The first-order chi connectivity index (χ1) is 12.2. The fourth-order valence-corrected chi connectivity index (χ4v) is 3.98.